The normalized spacial score (nSPS) is 10.6. The lowest BCUT2D eigenvalue weighted by Crippen LogP contribution is -1.66. The van der Waals surface area contributed by atoms with E-state index >= 15 is 0 Å². The highest BCUT2D eigenvalue weighted by Crippen LogP contribution is 2.03. The number of hydrogen-bond donors (Lipinski definition) is 0. The van der Waals surface area contributed by atoms with Crippen molar-refractivity contribution in [2.75, 3.05) is 7.05 Å². The largest absolute Gasteiger partial charge is 0.295 e. The van der Waals surface area contributed by atoms with Crippen LogP contribution in [0.15, 0.2) is 22.5 Å². The fourth-order valence-electron chi connectivity index (χ4n) is 0.492. The molecule has 0 N–H and O–H groups in total. The van der Waals surface area contributed by atoms with E-state index in [0.717, 1.165) is 0 Å². The van der Waals surface area contributed by atoms with Gasteiger partial charge in [-0.25, -0.2) is 0 Å². The Bertz CT molecular complexity index is 165. The molecule has 0 aliphatic rings. The van der Waals surface area contributed by atoms with E-state index < -0.39 is 0 Å². The van der Waals surface area contributed by atoms with E-state index in [1.165, 1.54) is 4.88 Å². The molecule has 0 aliphatic carbocycles. The molecule has 0 spiro atoms. The Labute approximate surface area is 52.7 Å². The Kier molecular flexibility index (Phi) is 1.80. The molecule has 0 fully saturated rings. The van der Waals surface area contributed by atoms with Gasteiger partial charge in [0.25, 0.3) is 0 Å². The molecule has 0 atom stereocenters. The van der Waals surface area contributed by atoms with Crippen LogP contribution < -0.4 is 0 Å². The van der Waals surface area contributed by atoms with E-state index in [1.54, 1.807) is 18.4 Å². The van der Waals surface area contributed by atoms with Gasteiger partial charge in [0.15, 0.2) is 0 Å². The average Bonchev–Trinajstić information content (AvgIpc) is 2.19. The first-order valence-electron chi connectivity index (χ1n) is 2.39. The lowest BCUT2D eigenvalue weighted by molar-refractivity contribution is 1.47. The Morgan fingerprint density at radius 1 is 1.75 bits per heavy atom. The van der Waals surface area contributed by atoms with Crippen molar-refractivity contribution in [3.05, 3.63) is 22.4 Å². The fourth-order valence-corrected chi connectivity index (χ4v) is 1.13. The van der Waals surface area contributed by atoms with Crippen LogP contribution in [0.2, 0.25) is 0 Å². The zero-order valence-corrected chi connectivity index (χ0v) is 5.48. The maximum Gasteiger partial charge on any atom is 0.0448 e. The molecule has 0 bridgehead atoms. The van der Waals surface area contributed by atoms with Crippen LogP contribution in [0.4, 0.5) is 0 Å². The molecule has 1 nitrogen and oxygen atoms in total. The Morgan fingerprint density at radius 3 is 3.12 bits per heavy atom. The van der Waals surface area contributed by atoms with E-state index in [1.807, 2.05) is 23.7 Å². The first-order valence-corrected chi connectivity index (χ1v) is 3.27. The molecule has 0 aromatic carbocycles. The van der Waals surface area contributed by atoms with Gasteiger partial charge in [-0.1, -0.05) is 6.07 Å². The number of rotatable bonds is 1. The van der Waals surface area contributed by atoms with Crippen LogP contribution in [-0.2, 0) is 0 Å². The lowest BCUT2D eigenvalue weighted by atomic mass is 10.5. The molecular formula is C6H7NS. The highest BCUT2D eigenvalue weighted by molar-refractivity contribution is 7.11. The van der Waals surface area contributed by atoms with Gasteiger partial charge in [-0.15, -0.1) is 11.3 Å². The highest BCUT2D eigenvalue weighted by Gasteiger charge is 1.81. The van der Waals surface area contributed by atoms with Crippen LogP contribution in [0.1, 0.15) is 4.88 Å². The second-order valence-electron chi connectivity index (χ2n) is 1.40. The second kappa shape index (κ2) is 2.62. The van der Waals surface area contributed by atoms with Crippen molar-refractivity contribution < 1.29 is 0 Å². The van der Waals surface area contributed by atoms with Gasteiger partial charge >= 0.3 is 0 Å². The Hall–Kier alpha value is -0.630. The summed E-state index contributed by atoms with van der Waals surface area (Å²) in [5, 5.41) is 2.04. The zero-order chi connectivity index (χ0) is 5.82. The molecule has 0 saturated carbocycles. The molecule has 0 saturated heterocycles. The van der Waals surface area contributed by atoms with Crippen LogP contribution in [0.5, 0.6) is 0 Å². The van der Waals surface area contributed by atoms with E-state index in [0.29, 0.717) is 0 Å². The van der Waals surface area contributed by atoms with Gasteiger partial charge in [0.05, 0.1) is 0 Å². The van der Waals surface area contributed by atoms with E-state index in [-0.39, 0.29) is 0 Å². The number of aliphatic imine (C=N–C) groups is 1. The minimum atomic E-state index is 1.22. The van der Waals surface area contributed by atoms with Crippen molar-refractivity contribution in [1.29, 1.82) is 0 Å². The SMILES string of the molecule is C/N=C/c1cccs1. The minimum absolute atomic E-state index is 1.22. The summed E-state index contributed by atoms with van der Waals surface area (Å²) in [5.41, 5.74) is 0. The van der Waals surface area contributed by atoms with Gasteiger partial charge in [0.1, 0.15) is 0 Å². The summed E-state index contributed by atoms with van der Waals surface area (Å²) in [6, 6.07) is 4.05. The van der Waals surface area contributed by atoms with Gasteiger partial charge in [-0.3, -0.25) is 4.99 Å². The topological polar surface area (TPSA) is 12.4 Å². The molecule has 0 unspecified atom stereocenters. The predicted molar refractivity (Wildman–Crippen MR) is 37.8 cm³/mol. The number of nitrogens with zero attached hydrogens (tertiary/aromatic N) is 1. The molecule has 1 heterocycles. The van der Waals surface area contributed by atoms with Crippen molar-refractivity contribution in [2.45, 2.75) is 0 Å². The lowest BCUT2D eigenvalue weighted by Gasteiger charge is -1.74. The summed E-state index contributed by atoms with van der Waals surface area (Å²) in [5.74, 6) is 0. The zero-order valence-electron chi connectivity index (χ0n) is 4.66. The Balaban J connectivity index is 2.77. The number of hydrogen-bond acceptors (Lipinski definition) is 2. The summed E-state index contributed by atoms with van der Waals surface area (Å²) in [7, 11) is 1.78. The Morgan fingerprint density at radius 2 is 2.62 bits per heavy atom. The molecule has 0 aliphatic heterocycles. The van der Waals surface area contributed by atoms with Gasteiger partial charge in [-0.2, -0.15) is 0 Å². The monoisotopic (exact) mass is 125 g/mol. The molecule has 2 heteroatoms. The number of thiophene rings is 1. The molecule has 42 valence electrons. The van der Waals surface area contributed by atoms with Gasteiger partial charge in [-0.05, 0) is 11.4 Å². The van der Waals surface area contributed by atoms with Gasteiger partial charge in [0.2, 0.25) is 0 Å². The summed E-state index contributed by atoms with van der Waals surface area (Å²) in [4.78, 5) is 5.08. The van der Waals surface area contributed by atoms with E-state index in [4.69, 9.17) is 0 Å². The van der Waals surface area contributed by atoms with Crippen LogP contribution in [0, 0.1) is 0 Å². The summed E-state index contributed by atoms with van der Waals surface area (Å²) in [6.07, 6.45) is 1.85. The summed E-state index contributed by atoms with van der Waals surface area (Å²) in [6.45, 7) is 0. The third kappa shape index (κ3) is 1.17. The van der Waals surface area contributed by atoms with Crippen molar-refractivity contribution in [3.63, 3.8) is 0 Å². The molecule has 0 amide bonds. The maximum absolute atomic E-state index is 3.86. The van der Waals surface area contributed by atoms with E-state index in [9.17, 15) is 0 Å². The van der Waals surface area contributed by atoms with Gasteiger partial charge < -0.3 is 0 Å². The molecular weight excluding hydrogens is 118 g/mol. The van der Waals surface area contributed by atoms with Crippen molar-refractivity contribution in [3.8, 4) is 0 Å². The fraction of sp³-hybridized carbons (Fsp3) is 0.167. The molecule has 1 aromatic rings. The van der Waals surface area contributed by atoms with Crippen LogP contribution in [0.25, 0.3) is 0 Å². The second-order valence-corrected chi connectivity index (χ2v) is 2.38. The average molecular weight is 125 g/mol. The molecule has 8 heavy (non-hydrogen) atoms. The molecule has 1 rings (SSSR count). The first-order chi connectivity index (χ1) is 3.93. The molecule has 1 aromatic heterocycles. The predicted octanol–water partition coefficient (Wildman–Crippen LogP) is 1.80. The first kappa shape index (κ1) is 5.51. The molecule has 0 radical (unpaired) electrons. The van der Waals surface area contributed by atoms with Gasteiger partial charge in [0, 0.05) is 18.1 Å². The maximum atomic E-state index is 3.86. The smallest absolute Gasteiger partial charge is 0.0448 e. The van der Waals surface area contributed by atoms with Crippen LogP contribution in [0.3, 0.4) is 0 Å². The summed E-state index contributed by atoms with van der Waals surface area (Å²) < 4.78 is 0. The quantitative estimate of drug-likeness (QED) is 0.507. The standard InChI is InChI=1S/C6H7NS/c1-7-5-6-3-2-4-8-6/h2-5H,1H3/b7-5+. The van der Waals surface area contributed by atoms with Crippen LogP contribution >= 0.6 is 11.3 Å². The van der Waals surface area contributed by atoms with E-state index in [2.05, 4.69) is 4.99 Å². The van der Waals surface area contributed by atoms with Crippen molar-refractivity contribution >= 4 is 17.6 Å². The van der Waals surface area contributed by atoms with Crippen LogP contribution in [-0.4, -0.2) is 13.3 Å². The third-order valence-electron chi connectivity index (χ3n) is 0.800. The van der Waals surface area contributed by atoms with Crippen molar-refractivity contribution in [2.24, 2.45) is 4.99 Å². The third-order valence-corrected chi connectivity index (χ3v) is 1.61. The summed E-state index contributed by atoms with van der Waals surface area (Å²) >= 11 is 1.70. The highest BCUT2D eigenvalue weighted by atomic mass is 32.1. The van der Waals surface area contributed by atoms with Crippen molar-refractivity contribution in [1.82, 2.24) is 0 Å². The minimum Gasteiger partial charge on any atom is -0.295 e.